The van der Waals surface area contributed by atoms with Crippen LogP contribution in [0.25, 0.3) is 27.8 Å². The maximum absolute atomic E-state index is 16.1. The van der Waals surface area contributed by atoms with Gasteiger partial charge in [0, 0.05) is 29.1 Å². The van der Waals surface area contributed by atoms with Crippen molar-refractivity contribution >= 4 is 16.6 Å². The molecule has 5 heterocycles. The lowest BCUT2D eigenvalue weighted by Crippen LogP contribution is -2.46. The van der Waals surface area contributed by atoms with Crippen LogP contribution in [-0.4, -0.2) is 55.7 Å². The van der Waals surface area contributed by atoms with Crippen LogP contribution in [0, 0.1) is 5.82 Å². The fraction of sp³-hybridized carbons (Fsp3) is 0.500. The molecule has 2 aliphatic rings. The first kappa shape index (κ1) is 21.5. The Kier molecular flexibility index (Phi) is 5.28. The van der Waals surface area contributed by atoms with Crippen LogP contribution in [-0.2, 0) is 0 Å². The highest BCUT2D eigenvalue weighted by Gasteiger charge is 2.32. The van der Waals surface area contributed by atoms with Crippen molar-refractivity contribution < 1.29 is 9.13 Å². The third-order valence-corrected chi connectivity index (χ3v) is 7.76. The fourth-order valence-electron chi connectivity index (χ4n) is 5.88. The number of methoxy groups -OCH3 is 1. The first-order chi connectivity index (χ1) is 16.5. The van der Waals surface area contributed by atoms with Crippen LogP contribution >= 0.6 is 0 Å². The van der Waals surface area contributed by atoms with E-state index >= 15 is 4.39 Å². The molecule has 4 aromatic rings. The van der Waals surface area contributed by atoms with E-state index in [0.717, 1.165) is 48.0 Å². The zero-order valence-electron chi connectivity index (χ0n) is 20.0. The number of pyridine rings is 2. The summed E-state index contributed by atoms with van der Waals surface area (Å²) < 4.78 is 23.4. The number of likely N-dealkylation sites (tertiary alicyclic amines) is 1. The van der Waals surface area contributed by atoms with Gasteiger partial charge in [0.05, 0.1) is 30.2 Å². The molecule has 1 N–H and O–H groups in total. The van der Waals surface area contributed by atoms with E-state index in [4.69, 9.17) is 4.74 Å². The highest BCUT2D eigenvalue weighted by atomic mass is 19.1. The van der Waals surface area contributed by atoms with Crippen molar-refractivity contribution in [1.29, 1.82) is 0 Å². The molecule has 0 radical (unpaired) electrons. The number of hydrogen-bond donors (Lipinski definition) is 1. The monoisotopic (exact) mass is 462 g/mol. The average Bonchev–Trinajstić information content (AvgIpc) is 3.43. The largest absolute Gasteiger partial charge is 0.493 e. The van der Waals surface area contributed by atoms with E-state index in [-0.39, 0.29) is 17.7 Å². The van der Waals surface area contributed by atoms with Gasteiger partial charge in [-0.15, -0.1) is 0 Å². The minimum atomic E-state index is -0.162. The van der Waals surface area contributed by atoms with E-state index in [9.17, 15) is 0 Å². The van der Waals surface area contributed by atoms with Gasteiger partial charge >= 0.3 is 0 Å². The molecular weight excluding hydrogens is 431 g/mol. The van der Waals surface area contributed by atoms with Gasteiger partial charge in [-0.1, -0.05) is 13.8 Å². The van der Waals surface area contributed by atoms with Crippen molar-refractivity contribution in [2.45, 2.75) is 63.8 Å². The molecule has 0 amide bonds. The summed E-state index contributed by atoms with van der Waals surface area (Å²) >= 11 is 0. The quantitative estimate of drug-likeness (QED) is 0.437. The van der Waals surface area contributed by atoms with E-state index in [0.29, 0.717) is 28.5 Å². The predicted molar refractivity (Wildman–Crippen MR) is 130 cm³/mol. The first-order valence-electron chi connectivity index (χ1n) is 12.4. The predicted octanol–water partition coefficient (Wildman–Crippen LogP) is 5.28. The number of rotatable bonds is 5. The van der Waals surface area contributed by atoms with Crippen LogP contribution in [0.4, 0.5) is 4.39 Å². The minimum Gasteiger partial charge on any atom is -0.493 e. The Bertz CT molecular complexity index is 1350. The average molecular weight is 463 g/mol. The van der Waals surface area contributed by atoms with Crippen LogP contribution in [0.2, 0.25) is 0 Å². The molecule has 34 heavy (non-hydrogen) atoms. The Hall–Kier alpha value is -3.00. The van der Waals surface area contributed by atoms with Gasteiger partial charge in [0.1, 0.15) is 6.33 Å². The Balaban J connectivity index is 1.42. The summed E-state index contributed by atoms with van der Waals surface area (Å²) in [5, 5.41) is 4.95. The van der Waals surface area contributed by atoms with Crippen molar-refractivity contribution in [3.63, 3.8) is 0 Å². The number of H-pyrrole nitrogens is 1. The maximum atomic E-state index is 16.1. The molecule has 1 aliphatic carbocycles. The second-order valence-corrected chi connectivity index (χ2v) is 10.0. The molecular formula is C26H31FN6O. The van der Waals surface area contributed by atoms with Crippen molar-refractivity contribution in [3.05, 3.63) is 41.9 Å². The number of aromatic nitrogens is 5. The molecule has 1 aliphatic heterocycles. The molecule has 0 atom stereocenters. The lowest BCUT2D eigenvalue weighted by atomic mass is 9.82. The second-order valence-electron chi connectivity index (χ2n) is 10.0. The molecule has 4 aromatic heterocycles. The molecule has 2 fully saturated rings. The van der Waals surface area contributed by atoms with Gasteiger partial charge in [0.15, 0.2) is 17.2 Å². The molecule has 7 nitrogen and oxygen atoms in total. The van der Waals surface area contributed by atoms with Gasteiger partial charge in [-0.25, -0.2) is 13.9 Å². The standard InChI is InChI=1S/C26H31FN6O/c1-15(2)21-22-19(31-24(21)17-11-20(34-3)26-29-14-30-33(26)13-17)12-28-25(23(22)27)16-5-7-18(8-6-16)32-9-4-10-32/h11-16,18,31H,4-10H2,1-3H3. The molecule has 0 bridgehead atoms. The lowest BCUT2D eigenvalue weighted by molar-refractivity contribution is 0.0863. The molecule has 6 rings (SSSR count). The molecule has 0 unspecified atom stereocenters. The Morgan fingerprint density at radius 1 is 1.15 bits per heavy atom. The number of nitrogens with zero attached hydrogens (tertiary/aromatic N) is 5. The van der Waals surface area contributed by atoms with Crippen LogP contribution in [0.15, 0.2) is 24.8 Å². The maximum Gasteiger partial charge on any atom is 0.197 e. The summed E-state index contributed by atoms with van der Waals surface area (Å²) in [6.07, 6.45) is 10.8. The fourth-order valence-corrected chi connectivity index (χ4v) is 5.88. The van der Waals surface area contributed by atoms with E-state index in [1.54, 1.807) is 11.6 Å². The van der Waals surface area contributed by atoms with Crippen LogP contribution in [0.1, 0.15) is 69.0 Å². The minimum absolute atomic E-state index is 0.119. The first-order valence-corrected chi connectivity index (χ1v) is 12.4. The Morgan fingerprint density at radius 3 is 2.62 bits per heavy atom. The van der Waals surface area contributed by atoms with E-state index in [1.807, 2.05) is 18.5 Å². The van der Waals surface area contributed by atoms with Crippen molar-refractivity contribution in [3.8, 4) is 17.0 Å². The third kappa shape index (κ3) is 3.38. The van der Waals surface area contributed by atoms with Gasteiger partial charge in [0.2, 0.25) is 0 Å². The number of nitrogens with one attached hydrogen (secondary N) is 1. The summed E-state index contributed by atoms with van der Waals surface area (Å²) in [6.45, 7) is 6.66. The number of halogens is 1. The molecule has 8 heteroatoms. The summed E-state index contributed by atoms with van der Waals surface area (Å²) in [5.74, 6) is 0.770. The van der Waals surface area contributed by atoms with Crippen molar-refractivity contribution in [2.75, 3.05) is 20.2 Å². The SMILES string of the molecule is COc1cc(-c2[nH]c3cnc(C4CCC(N5CCC5)CC4)c(F)c3c2C(C)C)cn2ncnc12. The highest BCUT2D eigenvalue weighted by Crippen LogP contribution is 2.42. The number of ether oxygens (including phenoxy) is 1. The number of hydrogen-bond acceptors (Lipinski definition) is 5. The van der Waals surface area contributed by atoms with E-state index < -0.39 is 0 Å². The second kappa shape index (κ2) is 8.34. The lowest BCUT2D eigenvalue weighted by Gasteiger charge is -2.41. The van der Waals surface area contributed by atoms with Crippen LogP contribution < -0.4 is 4.74 Å². The summed E-state index contributed by atoms with van der Waals surface area (Å²) in [5.41, 5.74) is 4.73. The molecule has 1 saturated carbocycles. The topological polar surface area (TPSA) is 71.3 Å². The van der Waals surface area contributed by atoms with Crippen molar-refractivity contribution in [2.24, 2.45) is 0 Å². The third-order valence-electron chi connectivity index (χ3n) is 7.76. The Morgan fingerprint density at radius 2 is 1.94 bits per heavy atom. The normalized spacial score (nSPS) is 21.4. The molecule has 0 spiro atoms. The zero-order chi connectivity index (χ0) is 23.4. The molecule has 0 aromatic carbocycles. The summed E-state index contributed by atoms with van der Waals surface area (Å²) in [4.78, 5) is 14.9. The number of fused-ring (bicyclic) bond motifs is 2. The van der Waals surface area contributed by atoms with E-state index in [2.05, 4.69) is 38.8 Å². The smallest absolute Gasteiger partial charge is 0.197 e. The number of aromatic amines is 1. The highest BCUT2D eigenvalue weighted by molar-refractivity contribution is 5.92. The van der Waals surface area contributed by atoms with Crippen LogP contribution in [0.3, 0.4) is 0 Å². The van der Waals surface area contributed by atoms with Crippen molar-refractivity contribution in [1.82, 2.24) is 29.5 Å². The summed E-state index contributed by atoms with van der Waals surface area (Å²) in [6, 6.07) is 2.60. The van der Waals surface area contributed by atoms with Gasteiger partial charge in [0.25, 0.3) is 0 Å². The van der Waals surface area contributed by atoms with Gasteiger partial charge < -0.3 is 14.6 Å². The van der Waals surface area contributed by atoms with Crippen LogP contribution in [0.5, 0.6) is 5.75 Å². The van der Waals surface area contributed by atoms with Gasteiger partial charge in [-0.05, 0) is 62.7 Å². The van der Waals surface area contributed by atoms with Gasteiger partial charge in [-0.3, -0.25) is 4.98 Å². The summed E-state index contributed by atoms with van der Waals surface area (Å²) in [7, 11) is 1.62. The van der Waals surface area contributed by atoms with E-state index in [1.165, 1.54) is 25.8 Å². The molecule has 178 valence electrons. The molecule has 1 saturated heterocycles. The Labute approximate surface area is 198 Å². The van der Waals surface area contributed by atoms with Gasteiger partial charge in [-0.2, -0.15) is 5.10 Å². The zero-order valence-corrected chi connectivity index (χ0v) is 20.0.